The molecule has 1 aromatic rings. The molecule has 11 heavy (non-hydrogen) atoms. The van der Waals surface area contributed by atoms with E-state index in [9.17, 15) is 4.79 Å². The average molecular weight is 236 g/mol. The lowest BCUT2D eigenvalue weighted by Gasteiger charge is -1.96. The summed E-state index contributed by atoms with van der Waals surface area (Å²) in [5.41, 5.74) is 0. The van der Waals surface area contributed by atoms with Crippen LogP contribution in [0.15, 0.2) is 6.20 Å². The topological polar surface area (TPSA) is 54.9 Å². The first-order valence-corrected chi connectivity index (χ1v) is 4.85. The third-order valence-corrected chi connectivity index (χ3v) is 2.03. The van der Waals surface area contributed by atoms with Gasteiger partial charge in [0, 0.05) is 11.9 Å². The maximum absolute atomic E-state index is 11.1. The molecule has 0 aliphatic rings. The Balaban J connectivity index is 2.43. The minimum Gasteiger partial charge on any atom is -0.350 e. The van der Waals surface area contributed by atoms with Crippen molar-refractivity contribution < 1.29 is 4.79 Å². The Morgan fingerprint density at radius 1 is 1.82 bits per heavy atom. The Morgan fingerprint density at radius 3 is 3.18 bits per heavy atom. The van der Waals surface area contributed by atoms with Gasteiger partial charge in [-0.3, -0.25) is 4.79 Å². The average Bonchev–Trinajstić information content (AvgIpc) is 2.52. The number of amides is 1. The summed E-state index contributed by atoms with van der Waals surface area (Å²) in [7, 11) is 0. The number of hydrogen-bond donors (Lipinski definition) is 1. The van der Waals surface area contributed by atoms with Crippen molar-refractivity contribution in [3.8, 4) is 0 Å². The van der Waals surface area contributed by atoms with E-state index in [2.05, 4.69) is 30.8 Å². The van der Waals surface area contributed by atoms with Crippen LogP contribution in [0, 0.1) is 0 Å². The van der Waals surface area contributed by atoms with Gasteiger partial charge in [0.05, 0.1) is 6.20 Å². The fraction of sp³-hybridized carbons (Fsp3) is 0.400. The second-order valence-corrected chi connectivity index (χ2v) is 3.31. The lowest BCUT2D eigenvalue weighted by molar-refractivity contribution is 0.0960. The van der Waals surface area contributed by atoms with E-state index in [0.717, 1.165) is 16.9 Å². The van der Waals surface area contributed by atoms with Gasteiger partial charge in [0.2, 0.25) is 0 Å². The molecule has 1 amide bonds. The van der Waals surface area contributed by atoms with Crippen LogP contribution in [-0.2, 0) is 0 Å². The van der Waals surface area contributed by atoms with Gasteiger partial charge in [0.15, 0.2) is 0 Å². The molecule has 0 atom stereocenters. The fourth-order valence-corrected chi connectivity index (χ4v) is 1.14. The molecule has 0 fully saturated rings. The molecule has 4 nitrogen and oxygen atoms in total. The lowest BCUT2D eigenvalue weighted by Crippen LogP contribution is -2.24. The zero-order valence-corrected chi connectivity index (χ0v) is 7.98. The molecule has 1 N–H and O–H groups in total. The highest BCUT2D eigenvalue weighted by Crippen LogP contribution is 2.00. The van der Waals surface area contributed by atoms with Crippen molar-refractivity contribution in [1.29, 1.82) is 0 Å². The van der Waals surface area contributed by atoms with E-state index in [1.54, 1.807) is 0 Å². The number of hydrogen-bond acceptors (Lipinski definition) is 4. The highest BCUT2D eigenvalue weighted by Gasteiger charge is 2.05. The first kappa shape index (κ1) is 8.61. The highest BCUT2D eigenvalue weighted by atomic mass is 79.9. The summed E-state index contributed by atoms with van der Waals surface area (Å²) < 4.78 is 3.57. The fourth-order valence-electron chi connectivity index (χ4n) is 0.515. The van der Waals surface area contributed by atoms with Crippen LogP contribution in [0.1, 0.15) is 9.67 Å². The molecule has 0 saturated heterocycles. The molecule has 1 heterocycles. The largest absolute Gasteiger partial charge is 0.350 e. The molecule has 60 valence electrons. The minimum atomic E-state index is -0.112. The van der Waals surface area contributed by atoms with Crippen LogP contribution in [0.25, 0.3) is 0 Å². The summed E-state index contributed by atoms with van der Waals surface area (Å²) in [6.07, 6.45) is 1.45. The molecule has 0 aromatic carbocycles. The third kappa shape index (κ3) is 2.55. The van der Waals surface area contributed by atoms with Gasteiger partial charge in [-0.1, -0.05) is 20.4 Å². The van der Waals surface area contributed by atoms with Gasteiger partial charge in [0.1, 0.15) is 4.88 Å². The number of nitrogens with one attached hydrogen (secondary N) is 1. The van der Waals surface area contributed by atoms with E-state index in [0.29, 0.717) is 11.4 Å². The molecular formula is C5H6BrN3OS. The van der Waals surface area contributed by atoms with E-state index < -0.39 is 0 Å². The number of aromatic nitrogens is 2. The van der Waals surface area contributed by atoms with E-state index in [-0.39, 0.29) is 5.91 Å². The van der Waals surface area contributed by atoms with Gasteiger partial charge >= 0.3 is 0 Å². The number of halogens is 1. The molecule has 0 aliphatic heterocycles. The van der Waals surface area contributed by atoms with Gasteiger partial charge in [0.25, 0.3) is 5.91 Å². The van der Waals surface area contributed by atoms with Crippen molar-refractivity contribution >= 4 is 33.4 Å². The molecule has 0 unspecified atom stereocenters. The maximum atomic E-state index is 11.1. The number of rotatable bonds is 3. The van der Waals surface area contributed by atoms with Crippen molar-refractivity contribution in [2.75, 3.05) is 11.9 Å². The Hall–Kier alpha value is -0.490. The Morgan fingerprint density at radius 2 is 2.64 bits per heavy atom. The molecule has 0 saturated carbocycles. The summed E-state index contributed by atoms with van der Waals surface area (Å²) in [5, 5.41) is 6.98. The van der Waals surface area contributed by atoms with E-state index in [4.69, 9.17) is 0 Å². The summed E-state index contributed by atoms with van der Waals surface area (Å²) >= 11 is 4.29. The first-order chi connectivity index (χ1) is 5.34. The van der Waals surface area contributed by atoms with Gasteiger partial charge in [-0.25, -0.2) is 0 Å². The Kier molecular flexibility index (Phi) is 3.44. The normalized spacial score (nSPS) is 9.55. The first-order valence-electron chi connectivity index (χ1n) is 2.96. The van der Waals surface area contributed by atoms with Crippen LogP contribution in [0.3, 0.4) is 0 Å². The number of carbonyl (C=O) groups is 1. The van der Waals surface area contributed by atoms with Crippen LogP contribution in [0.4, 0.5) is 0 Å². The van der Waals surface area contributed by atoms with Crippen LogP contribution in [0.2, 0.25) is 0 Å². The summed E-state index contributed by atoms with van der Waals surface area (Å²) in [5.74, 6) is -0.112. The SMILES string of the molecule is O=C(NCCBr)c1cnns1. The van der Waals surface area contributed by atoms with Crippen molar-refractivity contribution in [3.05, 3.63) is 11.1 Å². The molecule has 1 aromatic heterocycles. The predicted molar refractivity (Wildman–Crippen MR) is 46.0 cm³/mol. The molecular weight excluding hydrogens is 230 g/mol. The van der Waals surface area contributed by atoms with Gasteiger partial charge in [-0.05, 0) is 11.5 Å². The van der Waals surface area contributed by atoms with Crippen LogP contribution in [-0.4, -0.2) is 27.4 Å². The number of alkyl halides is 1. The summed E-state index contributed by atoms with van der Waals surface area (Å²) in [4.78, 5) is 11.6. The maximum Gasteiger partial charge on any atom is 0.264 e. The number of nitrogens with zero attached hydrogens (tertiary/aromatic N) is 2. The van der Waals surface area contributed by atoms with Crippen molar-refractivity contribution in [2.45, 2.75) is 0 Å². The zero-order chi connectivity index (χ0) is 8.10. The van der Waals surface area contributed by atoms with E-state index >= 15 is 0 Å². The molecule has 0 spiro atoms. The smallest absolute Gasteiger partial charge is 0.264 e. The summed E-state index contributed by atoms with van der Waals surface area (Å²) in [6, 6.07) is 0. The quantitative estimate of drug-likeness (QED) is 0.784. The van der Waals surface area contributed by atoms with Crippen molar-refractivity contribution in [2.24, 2.45) is 0 Å². The molecule has 0 radical (unpaired) electrons. The molecule has 6 heteroatoms. The van der Waals surface area contributed by atoms with Crippen molar-refractivity contribution in [3.63, 3.8) is 0 Å². The number of carbonyl (C=O) groups excluding carboxylic acids is 1. The second-order valence-electron chi connectivity index (χ2n) is 1.73. The Labute approximate surface area is 76.3 Å². The van der Waals surface area contributed by atoms with E-state index in [1.807, 2.05) is 0 Å². The molecule has 0 aliphatic carbocycles. The van der Waals surface area contributed by atoms with Crippen LogP contribution in [0.5, 0.6) is 0 Å². The van der Waals surface area contributed by atoms with Crippen LogP contribution >= 0.6 is 27.5 Å². The van der Waals surface area contributed by atoms with Gasteiger partial charge in [-0.15, -0.1) is 5.10 Å². The molecule has 0 bridgehead atoms. The monoisotopic (exact) mass is 235 g/mol. The molecule has 1 rings (SSSR count). The zero-order valence-electron chi connectivity index (χ0n) is 5.58. The standard InChI is InChI=1S/C5H6BrN3OS/c6-1-2-7-5(10)4-3-8-9-11-4/h3H,1-2H2,(H,7,10). The van der Waals surface area contributed by atoms with Gasteiger partial charge in [-0.2, -0.15) is 0 Å². The second kappa shape index (κ2) is 4.40. The lowest BCUT2D eigenvalue weighted by atomic mass is 10.5. The predicted octanol–water partition coefficient (Wildman–Crippen LogP) is 0.663. The highest BCUT2D eigenvalue weighted by molar-refractivity contribution is 9.09. The Bertz CT molecular complexity index is 226. The van der Waals surface area contributed by atoms with Gasteiger partial charge < -0.3 is 5.32 Å². The van der Waals surface area contributed by atoms with Crippen molar-refractivity contribution in [1.82, 2.24) is 14.9 Å². The summed E-state index contributed by atoms with van der Waals surface area (Å²) in [6.45, 7) is 0.622. The minimum absolute atomic E-state index is 0.112. The van der Waals surface area contributed by atoms with Crippen LogP contribution < -0.4 is 5.32 Å². The van der Waals surface area contributed by atoms with E-state index in [1.165, 1.54) is 6.20 Å². The third-order valence-electron chi connectivity index (χ3n) is 0.965.